The number of benzene rings is 1. The van der Waals surface area contributed by atoms with Crippen LogP contribution in [-0.2, 0) is 4.79 Å². The fourth-order valence-electron chi connectivity index (χ4n) is 1.64. The molecule has 94 valence electrons. The quantitative estimate of drug-likeness (QED) is 0.688. The third-order valence-corrected chi connectivity index (χ3v) is 2.64. The number of nitrogens with two attached hydrogens (primary N) is 1. The molecule has 0 fully saturated rings. The molecule has 2 atom stereocenters. The maximum absolute atomic E-state index is 11.7. The maximum Gasteiger partial charge on any atom is 0.237 e. The molecule has 0 saturated heterocycles. The summed E-state index contributed by atoms with van der Waals surface area (Å²) in [6, 6.07) is 8.48. The number of hydrogen-bond acceptors (Lipinski definition) is 3. The highest BCUT2D eigenvalue weighted by Crippen LogP contribution is 2.11. The summed E-state index contributed by atoms with van der Waals surface area (Å²) >= 11 is 0. The topological polar surface area (TPSA) is 75.4 Å². The zero-order valence-electron chi connectivity index (χ0n) is 10.1. The Balaban J connectivity index is 2.62. The average Bonchev–Trinajstić information content (AvgIpc) is 2.37. The van der Waals surface area contributed by atoms with E-state index in [1.165, 1.54) is 0 Å². The van der Waals surface area contributed by atoms with Gasteiger partial charge in [0, 0.05) is 0 Å². The highest BCUT2D eigenvalue weighted by Gasteiger charge is 2.17. The zero-order chi connectivity index (χ0) is 12.7. The molecule has 1 rings (SSSR count). The van der Waals surface area contributed by atoms with E-state index in [4.69, 9.17) is 5.73 Å². The van der Waals surface area contributed by atoms with Gasteiger partial charge in [-0.15, -0.1) is 0 Å². The molecule has 0 aliphatic carbocycles. The first-order valence-electron chi connectivity index (χ1n) is 5.90. The molecule has 0 bridgehead atoms. The molecule has 4 heteroatoms. The number of carbonyl (C=O) groups is 1. The van der Waals surface area contributed by atoms with Crippen molar-refractivity contribution in [3.63, 3.8) is 0 Å². The van der Waals surface area contributed by atoms with Crippen LogP contribution in [0.2, 0.25) is 0 Å². The molecule has 1 unspecified atom stereocenters. The fourth-order valence-corrected chi connectivity index (χ4v) is 1.64. The van der Waals surface area contributed by atoms with Crippen LogP contribution in [0, 0.1) is 0 Å². The molecule has 1 aromatic carbocycles. The Kier molecular flexibility index (Phi) is 5.66. The average molecular weight is 236 g/mol. The van der Waals surface area contributed by atoms with Crippen molar-refractivity contribution in [2.24, 2.45) is 5.73 Å². The number of carbonyl (C=O) groups excluding carboxylic acids is 1. The van der Waals surface area contributed by atoms with Crippen molar-refractivity contribution >= 4 is 5.91 Å². The lowest BCUT2D eigenvalue weighted by molar-refractivity contribution is -0.123. The molecule has 1 aromatic rings. The molecule has 17 heavy (non-hydrogen) atoms. The standard InChI is InChI=1S/C13H20N2O2/c1-2-6-11(14)13(17)15-12(9-16)10-7-4-3-5-8-10/h3-5,7-8,11-12,16H,2,6,9,14H2,1H3,(H,15,17)/t11?,12-/m0/s1. The normalized spacial score (nSPS) is 14.1. The van der Waals surface area contributed by atoms with E-state index < -0.39 is 6.04 Å². The number of aliphatic hydroxyl groups is 1. The molecule has 0 aliphatic rings. The number of rotatable bonds is 6. The van der Waals surface area contributed by atoms with Gasteiger partial charge in [-0.25, -0.2) is 0 Å². The maximum atomic E-state index is 11.7. The van der Waals surface area contributed by atoms with E-state index in [1.54, 1.807) is 0 Å². The highest BCUT2D eigenvalue weighted by molar-refractivity contribution is 5.81. The van der Waals surface area contributed by atoms with E-state index in [-0.39, 0.29) is 18.6 Å². The molecular weight excluding hydrogens is 216 g/mol. The molecule has 0 aromatic heterocycles. The first-order valence-corrected chi connectivity index (χ1v) is 5.90. The zero-order valence-corrected chi connectivity index (χ0v) is 10.1. The number of aliphatic hydroxyl groups excluding tert-OH is 1. The summed E-state index contributed by atoms with van der Waals surface area (Å²) < 4.78 is 0. The molecule has 1 amide bonds. The Morgan fingerprint density at radius 3 is 2.59 bits per heavy atom. The van der Waals surface area contributed by atoms with Crippen molar-refractivity contribution in [2.45, 2.75) is 31.8 Å². The van der Waals surface area contributed by atoms with Crippen LogP contribution < -0.4 is 11.1 Å². The van der Waals surface area contributed by atoms with E-state index in [9.17, 15) is 9.90 Å². The molecule has 0 saturated carbocycles. The lowest BCUT2D eigenvalue weighted by Gasteiger charge is -2.19. The minimum absolute atomic E-state index is 0.130. The summed E-state index contributed by atoms with van der Waals surface area (Å²) in [6.07, 6.45) is 1.52. The van der Waals surface area contributed by atoms with E-state index in [0.29, 0.717) is 6.42 Å². The van der Waals surface area contributed by atoms with Crippen LogP contribution in [0.5, 0.6) is 0 Å². The molecule has 0 aliphatic heterocycles. The van der Waals surface area contributed by atoms with Crippen molar-refractivity contribution in [1.29, 1.82) is 0 Å². The van der Waals surface area contributed by atoms with Crippen LogP contribution in [-0.4, -0.2) is 23.7 Å². The summed E-state index contributed by atoms with van der Waals surface area (Å²) in [4.78, 5) is 11.7. The van der Waals surface area contributed by atoms with Gasteiger partial charge in [-0.3, -0.25) is 4.79 Å². The van der Waals surface area contributed by atoms with Gasteiger partial charge >= 0.3 is 0 Å². The van der Waals surface area contributed by atoms with E-state index in [0.717, 1.165) is 12.0 Å². The van der Waals surface area contributed by atoms with Gasteiger partial charge in [0.05, 0.1) is 18.7 Å². The van der Waals surface area contributed by atoms with Crippen molar-refractivity contribution in [3.8, 4) is 0 Å². The Hall–Kier alpha value is -1.39. The van der Waals surface area contributed by atoms with Gasteiger partial charge in [0.15, 0.2) is 0 Å². The van der Waals surface area contributed by atoms with Crippen molar-refractivity contribution < 1.29 is 9.90 Å². The van der Waals surface area contributed by atoms with Gasteiger partial charge in [0.25, 0.3) is 0 Å². The second-order valence-corrected chi connectivity index (χ2v) is 4.05. The van der Waals surface area contributed by atoms with Crippen LogP contribution in [0.1, 0.15) is 31.4 Å². The fraction of sp³-hybridized carbons (Fsp3) is 0.462. The van der Waals surface area contributed by atoms with Crippen LogP contribution in [0.25, 0.3) is 0 Å². The number of nitrogens with one attached hydrogen (secondary N) is 1. The molecule has 0 spiro atoms. The summed E-state index contributed by atoms with van der Waals surface area (Å²) in [6.45, 7) is 1.85. The molecular formula is C13H20N2O2. The summed E-state index contributed by atoms with van der Waals surface area (Å²) in [5, 5.41) is 12.0. The molecule has 0 heterocycles. The highest BCUT2D eigenvalue weighted by atomic mass is 16.3. The predicted octanol–water partition coefficient (Wildman–Crippen LogP) is 0.964. The Labute approximate surface area is 102 Å². The number of amides is 1. The number of hydrogen-bond donors (Lipinski definition) is 3. The Morgan fingerprint density at radius 1 is 1.41 bits per heavy atom. The molecule has 4 nitrogen and oxygen atoms in total. The second-order valence-electron chi connectivity index (χ2n) is 4.05. The monoisotopic (exact) mass is 236 g/mol. The van der Waals surface area contributed by atoms with E-state index in [1.807, 2.05) is 37.3 Å². The summed E-state index contributed by atoms with van der Waals surface area (Å²) in [5.41, 5.74) is 6.60. The van der Waals surface area contributed by atoms with Crippen LogP contribution in [0.15, 0.2) is 30.3 Å². The minimum atomic E-state index is -0.502. The van der Waals surface area contributed by atoms with Gasteiger partial charge in [0.1, 0.15) is 0 Å². The van der Waals surface area contributed by atoms with Crippen molar-refractivity contribution in [2.75, 3.05) is 6.61 Å². The lowest BCUT2D eigenvalue weighted by Crippen LogP contribution is -2.43. The first-order chi connectivity index (χ1) is 8.19. The Bertz CT molecular complexity index is 341. The van der Waals surface area contributed by atoms with Crippen LogP contribution >= 0.6 is 0 Å². The van der Waals surface area contributed by atoms with Gasteiger partial charge in [-0.05, 0) is 12.0 Å². The third-order valence-electron chi connectivity index (χ3n) is 2.64. The predicted molar refractivity (Wildman–Crippen MR) is 67.3 cm³/mol. The largest absolute Gasteiger partial charge is 0.394 e. The first kappa shape index (κ1) is 13.7. The van der Waals surface area contributed by atoms with E-state index >= 15 is 0 Å². The molecule has 0 radical (unpaired) electrons. The SMILES string of the molecule is CCCC(N)C(=O)N[C@@H](CO)c1ccccc1. The summed E-state index contributed by atoms with van der Waals surface area (Å²) in [7, 11) is 0. The van der Waals surface area contributed by atoms with Gasteiger partial charge in [-0.1, -0.05) is 43.7 Å². The lowest BCUT2D eigenvalue weighted by atomic mass is 10.1. The van der Waals surface area contributed by atoms with Crippen molar-refractivity contribution in [1.82, 2.24) is 5.32 Å². The van der Waals surface area contributed by atoms with Gasteiger partial charge in [0.2, 0.25) is 5.91 Å². The minimum Gasteiger partial charge on any atom is -0.394 e. The second kappa shape index (κ2) is 7.04. The third kappa shape index (κ3) is 4.17. The van der Waals surface area contributed by atoms with E-state index in [2.05, 4.69) is 5.32 Å². The smallest absolute Gasteiger partial charge is 0.237 e. The van der Waals surface area contributed by atoms with Gasteiger partial charge < -0.3 is 16.2 Å². The van der Waals surface area contributed by atoms with Gasteiger partial charge in [-0.2, -0.15) is 0 Å². The Morgan fingerprint density at radius 2 is 2.06 bits per heavy atom. The van der Waals surface area contributed by atoms with Crippen molar-refractivity contribution in [3.05, 3.63) is 35.9 Å². The van der Waals surface area contributed by atoms with Crippen LogP contribution in [0.3, 0.4) is 0 Å². The summed E-state index contributed by atoms with van der Waals surface area (Å²) in [5.74, 6) is -0.213. The molecule has 4 N–H and O–H groups in total. The van der Waals surface area contributed by atoms with Crippen LogP contribution in [0.4, 0.5) is 0 Å².